The number of aromatic nitrogens is 2. The number of thioether (sulfide) groups is 1. The first-order valence-electron chi connectivity index (χ1n) is 6.46. The van der Waals surface area contributed by atoms with Crippen molar-refractivity contribution in [2.45, 2.75) is 23.4 Å². The van der Waals surface area contributed by atoms with Gasteiger partial charge in [0.1, 0.15) is 0 Å². The van der Waals surface area contributed by atoms with Gasteiger partial charge in [-0.1, -0.05) is 13.0 Å². The molecule has 3 N–H and O–H groups in total. The number of anilines is 1. The van der Waals surface area contributed by atoms with Crippen molar-refractivity contribution in [3.8, 4) is 0 Å². The summed E-state index contributed by atoms with van der Waals surface area (Å²) in [5.41, 5.74) is 1.15. The number of sulfonamides is 1. The Bertz CT molecular complexity index is 698. The summed E-state index contributed by atoms with van der Waals surface area (Å²) < 4.78 is 27.4. The van der Waals surface area contributed by atoms with Crippen LogP contribution in [0.4, 0.5) is 5.69 Å². The average molecular weight is 326 g/mol. The van der Waals surface area contributed by atoms with Crippen LogP contribution in [-0.2, 0) is 16.6 Å². The van der Waals surface area contributed by atoms with Crippen LogP contribution in [0.1, 0.15) is 12.5 Å². The number of rotatable bonds is 7. The minimum absolute atomic E-state index is 0.0954. The summed E-state index contributed by atoms with van der Waals surface area (Å²) in [6.07, 6.45) is 3.46. The van der Waals surface area contributed by atoms with E-state index < -0.39 is 10.0 Å². The van der Waals surface area contributed by atoms with Crippen LogP contribution in [-0.4, -0.2) is 31.4 Å². The third-order valence-electron chi connectivity index (χ3n) is 2.83. The van der Waals surface area contributed by atoms with Crippen LogP contribution in [0.25, 0.3) is 0 Å². The molecule has 0 aliphatic carbocycles. The molecule has 1 heterocycles. The minimum Gasteiger partial charge on any atom is -0.313 e. The summed E-state index contributed by atoms with van der Waals surface area (Å²) in [5, 5.41) is 9.57. The zero-order chi connectivity index (χ0) is 15.3. The Morgan fingerprint density at radius 2 is 2.19 bits per heavy atom. The van der Waals surface area contributed by atoms with Gasteiger partial charge in [0.25, 0.3) is 10.0 Å². The molecule has 0 amide bonds. The van der Waals surface area contributed by atoms with Gasteiger partial charge in [-0.05, 0) is 31.0 Å². The quantitative estimate of drug-likeness (QED) is 0.678. The van der Waals surface area contributed by atoms with Crippen LogP contribution in [0.5, 0.6) is 0 Å². The van der Waals surface area contributed by atoms with E-state index in [9.17, 15) is 8.42 Å². The van der Waals surface area contributed by atoms with Gasteiger partial charge in [0, 0.05) is 22.7 Å². The standard InChI is InChI=1S/C13H18N4O2S2/c1-3-14-8-10-9-15-16-13(10)21(18,19)17-11-5-4-6-12(7-11)20-2/h4-7,9,14,17H,3,8H2,1-2H3,(H,15,16). The third-order valence-corrected chi connectivity index (χ3v) is 4.95. The van der Waals surface area contributed by atoms with Crippen LogP contribution in [0.3, 0.4) is 0 Å². The SMILES string of the molecule is CCNCc1cn[nH]c1S(=O)(=O)Nc1cccc(SC)c1. The summed E-state index contributed by atoms with van der Waals surface area (Å²) in [7, 11) is -3.67. The van der Waals surface area contributed by atoms with E-state index in [1.165, 1.54) is 6.20 Å². The second kappa shape index (κ2) is 6.97. The number of nitrogens with zero attached hydrogens (tertiary/aromatic N) is 1. The van der Waals surface area contributed by atoms with Crippen molar-refractivity contribution in [3.05, 3.63) is 36.0 Å². The first-order chi connectivity index (χ1) is 10.1. The van der Waals surface area contributed by atoms with Crippen LogP contribution in [0.2, 0.25) is 0 Å². The van der Waals surface area contributed by atoms with Gasteiger partial charge in [-0.3, -0.25) is 9.82 Å². The minimum atomic E-state index is -3.67. The third kappa shape index (κ3) is 3.99. The molecule has 6 nitrogen and oxygen atoms in total. The maximum Gasteiger partial charge on any atom is 0.279 e. The molecule has 2 rings (SSSR count). The highest BCUT2D eigenvalue weighted by molar-refractivity contribution is 7.98. The molecule has 1 aromatic heterocycles. The maximum absolute atomic E-state index is 12.4. The largest absolute Gasteiger partial charge is 0.313 e. The van der Waals surface area contributed by atoms with E-state index in [0.29, 0.717) is 17.8 Å². The van der Waals surface area contributed by atoms with Crippen LogP contribution < -0.4 is 10.0 Å². The van der Waals surface area contributed by atoms with Gasteiger partial charge in [0.05, 0.1) is 6.20 Å². The van der Waals surface area contributed by atoms with E-state index in [-0.39, 0.29) is 5.03 Å². The Labute approximate surface area is 128 Å². The zero-order valence-corrected chi connectivity index (χ0v) is 13.5. The molecule has 0 spiro atoms. The highest BCUT2D eigenvalue weighted by Gasteiger charge is 2.20. The van der Waals surface area contributed by atoms with Crippen molar-refractivity contribution >= 4 is 27.5 Å². The number of aromatic amines is 1. The van der Waals surface area contributed by atoms with Crippen molar-refractivity contribution in [2.24, 2.45) is 0 Å². The fourth-order valence-electron chi connectivity index (χ4n) is 1.81. The molecule has 2 aromatic rings. The average Bonchev–Trinajstić information content (AvgIpc) is 2.94. The van der Waals surface area contributed by atoms with E-state index in [4.69, 9.17) is 0 Å². The van der Waals surface area contributed by atoms with E-state index >= 15 is 0 Å². The van der Waals surface area contributed by atoms with Crippen molar-refractivity contribution < 1.29 is 8.42 Å². The van der Waals surface area contributed by atoms with Crippen molar-refractivity contribution in [1.29, 1.82) is 0 Å². The Kier molecular flexibility index (Phi) is 5.27. The Morgan fingerprint density at radius 3 is 2.90 bits per heavy atom. The number of nitrogens with one attached hydrogen (secondary N) is 3. The highest BCUT2D eigenvalue weighted by Crippen LogP contribution is 2.22. The van der Waals surface area contributed by atoms with Crippen LogP contribution >= 0.6 is 11.8 Å². The summed E-state index contributed by atoms with van der Waals surface area (Å²) in [5.74, 6) is 0. The fourth-order valence-corrected chi connectivity index (χ4v) is 3.45. The molecular formula is C13H18N4O2S2. The lowest BCUT2D eigenvalue weighted by molar-refractivity contribution is 0.594. The van der Waals surface area contributed by atoms with Crippen LogP contribution in [0, 0.1) is 0 Å². The molecule has 0 saturated heterocycles. The molecule has 1 aromatic carbocycles. The molecule has 0 aliphatic rings. The molecule has 0 atom stereocenters. The second-order valence-corrected chi connectivity index (χ2v) is 6.84. The second-order valence-electron chi connectivity index (χ2n) is 4.34. The lowest BCUT2D eigenvalue weighted by Gasteiger charge is -2.09. The number of hydrogen-bond acceptors (Lipinski definition) is 5. The lowest BCUT2D eigenvalue weighted by atomic mass is 10.3. The van der Waals surface area contributed by atoms with Crippen LogP contribution in [0.15, 0.2) is 40.4 Å². The molecule has 0 aliphatic heterocycles. The molecule has 0 unspecified atom stereocenters. The maximum atomic E-state index is 12.4. The normalized spacial score (nSPS) is 11.5. The number of H-pyrrole nitrogens is 1. The molecule has 0 fully saturated rings. The van der Waals surface area contributed by atoms with Crippen molar-refractivity contribution in [2.75, 3.05) is 17.5 Å². The van der Waals surface area contributed by atoms with Gasteiger partial charge >= 0.3 is 0 Å². The van der Waals surface area contributed by atoms with Gasteiger partial charge in [0.15, 0.2) is 5.03 Å². The van der Waals surface area contributed by atoms with Gasteiger partial charge in [0.2, 0.25) is 0 Å². The zero-order valence-electron chi connectivity index (χ0n) is 11.9. The molecule has 114 valence electrons. The monoisotopic (exact) mass is 326 g/mol. The van der Waals surface area contributed by atoms with E-state index in [1.54, 1.807) is 23.9 Å². The summed E-state index contributed by atoms with van der Waals surface area (Å²) >= 11 is 1.56. The van der Waals surface area contributed by atoms with Gasteiger partial charge in [-0.25, -0.2) is 0 Å². The van der Waals surface area contributed by atoms with Crippen molar-refractivity contribution in [1.82, 2.24) is 15.5 Å². The van der Waals surface area contributed by atoms with Gasteiger partial charge in [-0.15, -0.1) is 11.8 Å². The molecule has 8 heteroatoms. The molecular weight excluding hydrogens is 308 g/mol. The Morgan fingerprint density at radius 1 is 1.38 bits per heavy atom. The Balaban J connectivity index is 2.23. The summed E-state index contributed by atoms with van der Waals surface area (Å²) in [6, 6.07) is 7.26. The lowest BCUT2D eigenvalue weighted by Crippen LogP contribution is -2.18. The van der Waals surface area contributed by atoms with E-state index in [0.717, 1.165) is 11.4 Å². The first-order valence-corrected chi connectivity index (χ1v) is 9.17. The topological polar surface area (TPSA) is 86.9 Å². The highest BCUT2D eigenvalue weighted by atomic mass is 32.2. The summed E-state index contributed by atoms with van der Waals surface area (Å²) in [4.78, 5) is 0.993. The van der Waals surface area contributed by atoms with E-state index in [1.807, 2.05) is 25.3 Å². The smallest absolute Gasteiger partial charge is 0.279 e. The summed E-state index contributed by atoms with van der Waals surface area (Å²) in [6.45, 7) is 3.17. The Hall–Kier alpha value is -1.51. The fraction of sp³-hybridized carbons (Fsp3) is 0.308. The van der Waals surface area contributed by atoms with E-state index in [2.05, 4.69) is 20.2 Å². The molecule has 21 heavy (non-hydrogen) atoms. The molecule has 0 radical (unpaired) electrons. The van der Waals surface area contributed by atoms with Crippen molar-refractivity contribution in [3.63, 3.8) is 0 Å². The first kappa shape index (κ1) is 15.9. The number of hydrogen-bond donors (Lipinski definition) is 3. The number of benzene rings is 1. The molecule has 0 saturated carbocycles. The molecule has 0 bridgehead atoms. The predicted octanol–water partition coefficient (Wildman–Crippen LogP) is 2.04. The van der Waals surface area contributed by atoms with Gasteiger partial charge in [-0.2, -0.15) is 13.5 Å². The van der Waals surface area contributed by atoms with Gasteiger partial charge < -0.3 is 5.32 Å². The predicted molar refractivity (Wildman–Crippen MR) is 85.0 cm³/mol.